The summed E-state index contributed by atoms with van der Waals surface area (Å²) in [6.45, 7) is 38.6. The second kappa shape index (κ2) is 32.3. The van der Waals surface area contributed by atoms with E-state index in [0.717, 1.165) is 12.8 Å². The molecule has 7 saturated heterocycles. The maximum Gasteiger partial charge on any atom is 0.319 e. The van der Waals surface area contributed by atoms with E-state index in [4.69, 9.17) is 47.4 Å². The van der Waals surface area contributed by atoms with Crippen LogP contribution in [0.2, 0.25) is 0 Å². The number of esters is 4. The van der Waals surface area contributed by atoms with Crippen molar-refractivity contribution in [3.8, 4) is 0 Å². The molecule has 0 aromatic rings. The molecule has 0 spiro atoms. The van der Waals surface area contributed by atoms with Crippen molar-refractivity contribution in [2.75, 3.05) is 54.5 Å². The van der Waals surface area contributed by atoms with Crippen LogP contribution in [0.25, 0.3) is 0 Å². The third kappa shape index (κ3) is 17.7. The normalized spacial score (nSPS) is 44.3. The average molecular weight is 1330 g/mol. The lowest BCUT2D eigenvalue weighted by atomic mass is 9.70. The summed E-state index contributed by atoms with van der Waals surface area (Å²) in [6, 6.07) is 0.0600. The number of nitrogens with zero attached hydrogens (tertiary/aromatic N) is 2. The van der Waals surface area contributed by atoms with E-state index in [0.29, 0.717) is 38.8 Å². The van der Waals surface area contributed by atoms with Crippen LogP contribution in [0.5, 0.6) is 0 Å². The van der Waals surface area contributed by atoms with Gasteiger partial charge in [0, 0.05) is 66.1 Å². The van der Waals surface area contributed by atoms with Gasteiger partial charge in [-0.3, -0.25) is 38.4 Å². The molecule has 7 fully saturated rings. The molecule has 7 rings (SSSR count). The number of fused-ring (bicyclic) bond motifs is 6. The molecule has 9 unspecified atom stereocenters. The molecule has 7 heterocycles. The van der Waals surface area contributed by atoms with Crippen LogP contribution in [0.15, 0.2) is 12.7 Å². The molecule has 0 radical (unpaired) electrons. The topological polar surface area (TPSA) is 259 Å². The van der Waals surface area contributed by atoms with E-state index in [9.17, 15) is 38.4 Å². The van der Waals surface area contributed by atoms with E-state index < -0.39 is 94.5 Å². The van der Waals surface area contributed by atoms with Gasteiger partial charge in [-0.15, -0.1) is 0 Å². The Kier molecular flexibility index (Phi) is 27.1. The Balaban J connectivity index is 0.000000298. The summed E-state index contributed by atoms with van der Waals surface area (Å²) >= 11 is 0. The molecule has 26 atom stereocenters. The smallest absolute Gasteiger partial charge is 0.319 e. The largest absolute Gasteiger partial charge is 0.458 e. The maximum absolute atomic E-state index is 14.8. The minimum atomic E-state index is -1.65. The summed E-state index contributed by atoms with van der Waals surface area (Å²) in [5.41, 5.74) is -6.03. The first-order valence-electron chi connectivity index (χ1n) is 35.0. The first-order chi connectivity index (χ1) is 43.7. The van der Waals surface area contributed by atoms with Gasteiger partial charge in [-0.25, -0.2) is 0 Å². The number of carbonyl (C=O) groups excluding carboxylic acids is 8. The summed E-state index contributed by atoms with van der Waals surface area (Å²) < 4.78 is 63.6. The predicted molar refractivity (Wildman–Crippen MR) is 353 cm³/mol. The molecule has 2 bridgehead atoms. The van der Waals surface area contributed by atoms with Crippen molar-refractivity contribution >= 4 is 47.0 Å². The molecule has 0 aromatic heterocycles. The Bertz CT molecular complexity index is 2680. The fourth-order valence-corrected chi connectivity index (χ4v) is 16.7. The highest BCUT2D eigenvalue weighted by Gasteiger charge is 2.60. The van der Waals surface area contributed by atoms with Crippen LogP contribution < -0.4 is 10.6 Å². The van der Waals surface area contributed by atoms with Gasteiger partial charge in [-0.05, 0) is 173 Å². The Morgan fingerprint density at radius 1 is 0.649 bits per heavy atom. The van der Waals surface area contributed by atoms with Crippen LogP contribution in [0, 0.1) is 58.7 Å². The lowest BCUT2D eigenvalue weighted by Gasteiger charge is -2.48. The molecule has 536 valence electrons. The number of Topliss-reactive ketones (excluding diaryl/α,β-unsaturated/α-hetero) is 3. The lowest BCUT2D eigenvalue weighted by molar-refractivity contribution is -0.283. The number of ketones is 4. The minimum Gasteiger partial charge on any atom is -0.458 e. The van der Waals surface area contributed by atoms with Gasteiger partial charge >= 0.3 is 23.9 Å². The average Bonchev–Trinajstić information content (AvgIpc) is 1.39. The van der Waals surface area contributed by atoms with Crippen molar-refractivity contribution < 1.29 is 85.7 Å². The van der Waals surface area contributed by atoms with E-state index in [2.05, 4.69) is 54.7 Å². The fraction of sp³-hybridized carbons (Fsp3) is 0.861. The van der Waals surface area contributed by atoms with Crippen molar-refractivity contribution in [3.63, 3.8) is 0 Å². The highest BCUT2D eigenvalue weighted by atomic mass is 16.7. The second-order valence-corrected chi connectivity index (χ2v) is 30.9. The third-order valence-corrected chi connectivity index (χ3v) is 22.6. The minimum absolute atomic E-state index is 0.0143. The lowest BCUT2D eigenvalue weighted by Crippen LogP contribution is -2.59. The Labute approximate surface area is 561 Å². The molecule has 22 heteroatoms. The highest BCUT2D eigenvalue weighted by molar-refractivity contribution is 6.05. The van der Waals surface area contributed by atoms with Crippen molar-refractivity contribution in [2.24, 2.45) is 58.7 Å². The number of carbonyl (C=O) groups is 8. The first kappa shape index (κ1) is 78.9. The van der Waals surface area contributed by atoms with Crippen LogP contribution in [-0.4, -0.2) is 207 Å². The molecule has 0 aromatic carbocycles. The van der Waals surface area contributed by atoms with Crippen LogP contribution in [0.3, 0.4) is 0 Å². The summed E-state index contributed by atoms with van der Waals surface area (Å²) in [4.78, 5) is 113. The van der Waals surface area contributed by atoms with Gasteiger partial charge in [0.25, 0.3) is 0 Å². The van der Waals surface area contributed by atoms with Gasteiger partial charge in [-0.2, -0.15) is 0 Å². The van der Waals surface area contributed by atoms with Crippen molar-refractivity contribution in [2.45, 2.75) is 285 Å². The number of nitrogens with one attached hydrogen (secondary N) is 2. The monoisotopic (exact) mass is 1330 g/mol. The van der Waals surface area contributed by atoms with E-state index in [1.54, 1.807) is 27.7 Å². The molecule has 0 saturated carbocycles. The quantitative estimate of drug-likeness (QED) is 0.0807. The molecular formula is C72H120N4O18. The van der Waals surface area contributed by atoms with Crippen LogP contribution in [0.4, 0.5) is 0 Å². The van der Waals surface area contributed by atoms with E-state index in [1.165, 1.54) is 6.08 Å². The SMILES string of the molecule is C=CC(=O)CO[C@]1(C)C[C@@H](C)CN[C@H](C)[C@H]2CC(=O)O[C@]2(C)[C@@H](CC)OC(=O)[C@H](C)C(=O)[C@H](C)[C@H]1OC1OC(C)CC(N(C)C)C1C.CC[C@H]1OC(=O)C2(C)CCC(=O)CO[C@](C)(C[C@@H](C)CN[C@H](C)[C@H]3CC(=O)O[C@@]31C)[C@H](OC1OC(C)CC(N(C)C)C1C)[C@@H](C)C2=O. The van der Waals surface area contributed by atoms with Crippen molar-refractivity contribution in [1.82, 2.24) is 20.4 Å². The Morgan fingerprint density at radius 2 is 1.12 bits per heavy atom. The number of hydrogen-bond acceptors (Lipinski definition) is 22. The van der Waals surface area contributed by atoms with Crippen molar-refractivity contribution in [1.29, 1.82) is 0 Å². The Morgan fingerprint density at radius 3 is 1.59 bits per heavy atom. The van der Waals surface area contributed by atoms with E-state index >= 15 is 0 Å². The second-order valence-electron chi connectivity index (χ2n) is 30.9. The van der Waals surface area contributed by atoms with Gasteiger partial charge in [0.2, 0.25) is 0 Å². The van der Waals surface area contributed by atoms with Crippen LogP contribution in [0.1, 0.15) is 189 Å². The Hall–Kier alpha value is -4.10. The zero-order chi connectivity index (χ0) is 70.5. The molecule has 7 aliphatic rings. The number of cyclic esters (lactones) is 2. The summed E-state index contributed by atoms with van der Waals surface area (Å²) in [7, 11) is 8.15. The summed E-state index contributed by atoms with van der Waals surface area (Å²) in [5, 5.41) is 7.22. The fourth-order valence-electron chi connectivity index (χ4n) is 16.7. The molecule has 0 amide bonds. The number of rotatable bonds is 12. The van der Waals surface area contributed by atoms with Gasteiger partial charge in [0.1, 0.15) is 36.8 Å². The van der Waals surface area contributed by atoms with Gasteiger partial charge in [-0.1, -0.05) is 62.0 Å². The maximum atomic E-state index is 14.8. The van der Waals surface area contributed by atoms with Gasteiger partial charge in [0.05, 0.1) is 48.5 Å². The first-order valence-corrected chi connectivity index (χ1v) is 35.0. The number of hydrogen-bond donors (Lipinski definition) is 2. The molecule has 94 heavy (non-hydrogen) atoms. The van der Waals surface area contributed by atoms with Crippen LogP contribution in [-0.2, 0) is 85.7 Å². The standard InChI is InChI=1S/2C36H60N2O9/c1-12-28-36(9)26(16-29(40)47-36)24(6)37-18-20(2)17-35(8)31(46-32-22(4)27(38(10)11)15-21(3)44-32)23(5)30(41)34(7,33(42)45-28)14-13-25(39)19-43-35;1-13-26(39)19-43-35(9)17-20(3)18-37-25(8)27-16-30(40)47-36(27,10)29(14-2)45-33(42)24(7)31(41)23(6)32(35)46-34-22(5)28(38(11)12)15-21(4)44-34/h20-24,26-28,31-32,37H,12-19H2,1-11H3;13,20-25,27-29,32,34,37H,1,14-19H2,2-12H3/t20-,21?,22?,23+,24-,26-,27?,28-,31-,32?,34?,35-,36+;20-,21?,22?,23+,24-,25-,27-,28?,29-,32-,34?,35-,36+/m11/s1. The zero-order valence-corrected chi connectivity index (χ0v) is 61.1. The molecule has 2 N–H and O–H groups in total. The predicted octanol–water partition coefficient (Wildman–Crippen LogP) is 8.19. The number of ether oxygens (including phenoxy) is 10. The van der Waals surface area contributed by atoms with Crippen molar-refractivity contribution in [3.05, 3.63) is 12.7 Å². The zero-order valence-electron chi connectivity index (χ0n) is 61.1. The van der Waals surface area contributed by atoms with Gasteiger partial charge < -0.3 is 67.8 Å². The van der Waals surface area contributed by atoms with E-state index in [1.807, 2.05) is 97.4 Å². The summed E-state index contributed by atoms with van der Waals surface area (Å²) in [6.07, 6.45) is 0.173. The molecular weight excluding hydrogens is 1210 g/mol. The van der Waals surface area contributed by atoms with Gasteiger partial charge in [0.15, 0.2) is 46.9 Å². The summed E-state index contributed by atoms with van der Waals surface area (Å²) in [5.74, 6) is -6.72. The highest BCUT2D eigenvalue weighted by Crippen LogP contribution is 2.47. The third-order valence-electron chi connectivity index (χ3n) is 22.6. The van der Waals surface area contributed by atoms with E-state index in [-0.39, 0.29) is 146 Å². The van der Waals surface area contributed by atoms with Crippen LogP contribution >= 0.6 is 0 Å². The molecule has 0 aliphatic carbocycles. The molecule has 22 nitrogen and oxygen atoms in total. The molecule has 7 aliphatic heterocycles.